The standard InChI is InChI=1S/C10H15N3O2S/c1-3-10(14-5-6-15-10)4-2-8(1)16-9-7-11-13-12-9/h7-8H,1-6H2,(H,11,12,13). The highest BCUT2D eigenvalue weighted by Crippen LogP contribution is 2.40. The molecule has 0 bridgehead atoms. The Bertz CT molecular complexity index is 328. The van der Waals surface area contributed by atoms with Crippen LogP contribution in [0.5, 0.6) is 0 Å². The Morgan fingerprint density at radius 3 is 2.69 bits per heavy atom. The molecule has 3 rings (SSSR count). The Kier molecular flexibility index (Phi) is 2.87. The van der Waals surface area contributed by atoms with E-state index in [2.05, 4.69) is 15.4 Å². The molecule has 1 spiro atoms. The van der Waals surface area contributed by atoms with E-state index in [1.165, 1.54) is 0 Å². The van der Waals surface area contributed by atoms with Crippen molar-refractivity contribution >= 4 is 11.8 Å². The van der Waals surface area contributed by atoms with Gasteiger partial charge in [-0.05, 0) is 12.8 Å². The van der Waals surface area contributed by atoms with E-state index < -0.39 is 0 Å². The highest BCUT2D eigenvalue weighted by molar-refractivity contribution is 7.99. The van der Waals surface area contributed by atoms with E-state index in [9.17, 15) is 0 Å². The summed E-state index contributed by atoms with van der Waals surface area (Å²) in [4.78, 5) is 0. The van der Waals surface area contributed by atoms with Crippen molar-refractivity contribution in [3.05, 3.63) is 6.20 Å². The average Bonchev–Trinajstić information content (AvgIpc) is 2.94. The monoisotopic (exact) mass is 241 g/mol. The molecule has 1 aromatic rings. The number of aromatic nitrogens is 3. The van der Waals surface area contributed by atoms with E-state index in [1.807, 2.05) is 0 Å². The van der Waals surface area contributed by atoms with Gasteiger partial charge in [-0.15, -0.1) is 5.10 Å². The van der Waals surface area contributed by atoms with E-state index >= 15 is 0 Å². The van der Waals surface area contributed by atoms with Gasteiger partial charge in [0, 0.05) is 18.1 Å². The van der Waals surface area contributed by atoms with Crippen LogP contribution in [0.3, 0.4) is 0 Å². The number of hydrogen-bond donors (Lipinski definition) is 1. The van der Waals surface area contributed by atoms with Crippen molar-refractivity contribution in [3.8, 4) is 0 Å². The summed E-state index contributed by atoms with van der Waals surface area (Å²) in [6, 6.07) is 0. The number of aromatic amines is 1. The van der Waals surface area contributed by atoms with Crippen molar-refractivity contribution in [2.24, 2.45) is 0 Å². The molecule has 2 aliphatic rings. The normalized spacial score (nSPS) is 25.2. The Morgan fingerprint density at radius 1 is 1.31 bits per heavy atom. The number of nitrogens with one attached hydrogen (secondary N) is 1. The van der Waals surface area contributed by atoms with Crippen LogP contribution in [-0.2, 0) is 9.47 Å². The molecule has 6 heteroatoms. The number of ether oxygens (including phenoxy) is 2. The second-order valence-corrected chi connectivity index (χ2v) is 5.55. The second-order valence-electron chi connectivity index (χ2n) is 4.23. The minimum atomic E-state index is -0.249. The molecule has 1 N–H and O–H groups in total. The van der Waals surface area contributed by atoms with Gasteiger partial charge in [0.1, 0.15) is 5.03 Å². The predicted octanol–water partition coefficient (Wildman–Crippen LogP) is 1.58. The predicted molar refractivity (Wildman–Crippen MR) is 59.1 cm³/mol. The van der Waals surface area contributed by atoms with Crippen LogP contribution in [0, 0.1) is 0 Å². The topological polar surface area (TPSA) is 60.0 Å². The van der Waals surface area contributed by atoms with Gasteiger partial charge in [-0.2, -0.15) is 10.3 Å². The number of hydrogen-bond acceptors (Lipinski definition) is 5. The summed E-state index contributed by atoms with van der Waals surface area (Å²) in [5.41, 5.74) is 0. The summed E-state index contributed by atoms with van der Waals surface area (Å²) in [5, 5.41) is 12.1. The maximum Gasteiger partial charge on any atom is 0.168 e. The van der Waals surface area contributed by atoms with Crippen LogP contribution in [0.4, 0.5) is 0 Å². The van der Waals surface area contributed by atoms with E-state index in [4.69, 9.17) is 9.47 Å². The first-order chi connectivity index (χ1) is 7.86. The molecule has 0 aromatic carbocycles. The molecule has 5 nitrogen and oxygen atoms in total. The lowest BCUT2D eigenvalue weighted by Crippen LogP contribution is -2.35. The molecule has 1 saturated carbocycles. The maximum atomic E-state index is 5.70. The highest BCUT2D eigenvalue weighted by Gasteiger charge is 2.40. The maximum absolute atomic E-state index is 5.70. The molecule has 1 aliphatic carbocycles. The molecule has 0 unspecified atom stereocenters. The lowest BCUT2D eigenvalue weighted by Gasteiger charge is -2.34. The van der Waals surface area contributed by atoms with Gasteiger partial charge in [-0.3, -0.25) is 0 Å². The van der Waals surface area contributed by atoms with Crippen LogP contribution < -0.4 is 0 Å². The number of H-pyrrole nitrogens is 1. The Balaban J connectivity index is 1.54. The van der Waals surface area contributed by atoms with Crippen LogP contribution in [0.25, 0.3) is 0 Å². The van der Waals surface area contributed by atoms with Gasteiger partial charge in [0.25, 0.3) is 0 Å². The summed E-state index contributed by atoms with van der Waals surface area (Å²) in [7, 11) is 0. The van der Waals surface area contributed by atoms with E-state index in [1.54, 1.807) is 18.0 Å². The largest absolute Gasteiger partial charge is 0.348 e. The third-order valence-corrected chi connectivity index (χ3v) is 4.43. The van der Waals surface area contributed by atoms with Crippen molar-refractivity contribution in [1.82, 2.24) is 15.4 Å². The van der Waals surface area contributed by atoms with E-state index in [0.717, 1.165) is 43.9 Å². The summed E-state index contributed by atoms with van der Waals surface area (Å²) in [5.74, 6) is -0.249. The number of rotatable bonds is 2. The fraction of sp³-hybridized carbons (Fsp3) is 0.800. The third kappa shape index (κ3) is 2.09. The molecule has 2 fully saturated rings. The molecule has 2 heterocycles. The lowest BCUT2D eigenvalue weighted by molar-refractivity contribution is -0.175. The first-order valence-corrected chi connectivity index (χ1v) is 6.55. The molecule has 16 heavy (non-hydrogen) atoms. The molecule has 0 atom stereocenters. The van der Waals surface area contributed by atoms with Gasteiger partial charge in [0.15, 0.2) is 5.79 Å². The Morgan fingerprint density at radius 2 is 2.06 bits per heavy atom. The second kappa shape index (κ2) is 4.35. The molecule has 1 aromatic heterocycles. The molecule has 1 saturated heterocycles. The minimum absolute atomic E-state index is 0.249. The van der Waals surface area contributed by atoms with Gasteiger partial charge >= 0.3 is 0 Å². The molecule has 0 radical (unpaired) electrons. The van der Waals surface area contributed by atoms with Crippen LogP contribution >= 0.6 is 11.8 Å². The Hall–Kier alpha value is -0.590. The van der Waals surface area contributed by atoms with Crippen molar-refractivity contribution in [1.29, 1.82) is 0 Å². The van der Waals surface area contributed by atoms with Crippen molar-refractivity contribution < 1.29 is 9.47 Å². The smallest absolute Gasteiger partial charge is 0.168 e. The average molecular weight is 241 g/mol. The molecular formula is C10H15N3O2S. The van der Waals surface area contributed by atoms with Crippen LogP contribution in [-0.4, -0.2) is 39.7 Å². The minimum Gasteiger partial charge on any atom is -0.348 e. The van der Waals surface area contributed by atoms with Crippen LogP contribution in [0.15, 0.2) is 11.2 Å². The fourth-order valence-corrected chi connectivity index (χ4v) is 3.37. The number of thioether (sulfide) groups is 1. The molecule has 1 aliphatic heterocycles. The van der Waals surface area contributed by atoms with E-state index in [-0.39, 0.29) is 5.79 Å². The van der Waals surface area contributed by atoms with Crippen LogP contribution in [0.1, 0.15) is 25.7 Å². The summed E-state index contributed by atoms with van der Waals surface area (Å²) in [6.45, 7) is 1.50. The van der Waals surface area contributed by atoms with Crippen LogP contribution in [0.2, 0.25) is 0 Å². The quantitative estimate of drug-likeness (QED) is 0.852. The zero-order valence-electron chi connectivity index (χ0n) is 9.02. The first-order valence-electron chi connectivity index (χ1n) is 5.67. The van der Waals surface area contributed by atoms with Crippen molar-refractivity contribution in [2.45, 2.75) is 41.7 Å². The van der Waals surface area contributed by atoms with Crippen molar-refractivity contribution in [3.63, 3.8) is 0 Å². The highest BCUT2D eigenvalue weighted by atomic mass is 32.2. The summed E-state index contributed by atoms with van der Waals surface area (Å²) in [6.07, 6.45) is 6.03. The van der Waals surface area contributed by atoms with Gasteiger partial charge in [-0.1, -0.05) is 11.8 Å². The summed E-state index contributed by atoms with van der Waals surface area (Å²) >= 11 is 1.80. The zero-order valence-corrected chi connectivity index (χ0v) is 9.83. The Labute approximate surface area is 98.3 Å². The van der Waals surface area contributed by atoms with E-state index in [0.29, 0.717) is 5.25 Å². The zero-order chi connectivity index (χ0) is 10.8. The first kappa shape index (κ1) is 10.6. The molecular weight excluding hydrogens is 226 g/mol. The summed E-state index contributed by atoms with van der Waals surface area (Å²) < 4.78 is 11.4. The lowest BCUT2D eigenvalue weighted by atomic mass is 9.94. The molecule has 0 amide bonds. The molecule has 88 valence electrons. The van der Waals surface area contributed by atoms with Crippen molar-refractivity contribution in [2.75, 3.05) is 13.2 Å². The van der Waals surface area contributed by atoms with Gasteiger partial charge < -0.3 is 9.47 Å². The van der Waals surface area contributed by atoms with Gasteiger partial charge in [0.2, 0.25) is 0 Å². The van der Waals surface area contributed by atoms with Gasteiger partial charge in [-0.25, -0.2) is 0 Å². The SMILES string of the molecule is c1n[nH]nc1SC1CCC2(CC1)OCCO2. The number of nitrogens with zero attached hydrogens (tertiary/aromatic N) is 2. The third-order valence-electron chi connectivity index (χ3n) is 3.19. The van der Waals surface area contributed by atoms with Gasteiger partial charge in [0.05, 0.1) is 19.4 Å². The fourth-order valence-electron chi connectivity index (χ4n) is 2.35.